The van der Waals surface area contributed by atoms with Crippen LogP contribution in [0.2, 0.25) is 0 Å². The second-order valence-corrected chi connectivity index (χ2v) is 5.23. The molecule has 0 bridgehead atoms. The molecule has 0 amide bonds. The molecule has 1 aromatic carbocycles. The average molecular weight is 189 g/mol. The van der Waals surface area contributed by atoms with Crippen molar-refractivity contribution in [3.8, 4) is 0 Å². The smallest absolute Gasteiger partial charge is 0.0434 e. The summed E-state index contributed by atoms with van der Waals surface area (Å²) < 4.78 is 0. The first kappa shape index (κ1) is 9.57. The summed E-state index contributed by atoms with van der Waals surface area (Å²) in [5.41, 5.74) is 4.72. The first-order chi connectivity index (χ1) is 6.50. The van der Waals surface area contributed by atoms with E-state index < -0.39 is 0 Å². The van der Waals surface area contributed by atoms with E-state index in [4.69, 9.17) is 0 Å². The van der Waals surface area contributed by atoms with E-state index in [1.165, 1.54) is 29.8 Å². The van der Waals surface area contributed by atoms with E-state index in [1.54, 1.807) is 0 Å². The van der Waals surface area contributed by atoms with Gasteiger partial charge in [0.1, 0.15) is 0 Å². The molecule has 1 aliphatic rings. The van der Waals surface area contributed by atoms with Crippen molar-refractivity contribution in [2.75, 3.05) is 18.5 Å². The van der Waals surface area contributed by atoms with Crippen molar-refractivity contribution in [1.82, 2.24) is 0 Å². The molecule has 76 valence electrons. The van der Waals surface area contributed by atoms with Gasteiger partial charge < -0.3 is 4.90 Å². The van der Waals surface area contributed by atoms with Gasteiger partial charge in [0, 0.05) is 19.3 Å². The Kier molecular flexibility index (Phi) is 2.06. The summed E-state index contributed by atoms with van der Waals surface area (Å²) in [5, 5.41) is 0. The van der Waals surface area contributed by atoms with Gasteiger partial charge in [-0.15, -0.1) is 0 Å². The molecule has 0 fully saturated rings. The zero-order valence-electron chi connectivity index (χ0n) is 9.59. The van der Waals surface area contributed by atoms with Crippen molar-refractivity contribution >= 4 is 5.69 Å². The van der Waals surface area contributed by atoms with Crippen LogP contribution in [-0.2, 0) is 11.8 Å². The highest BCUT2D eigenvalue weighted by molar-refractivity contribution is 5.64. The molecule has 0 aromatic heterocycles. The van der Waals surface area contributed by atoms with Crippen molar-refractivity contribution in [2.45, 2.75) is 32.6 Å². The van der Waals surface area contributed by atoms with Crippen LogP contribution in [0.4, 0.5) is 5.69 Å². The van der Waals surface area contributed by atoms with Gasteiger partial charge in [0.25, 0.3) is 0 Å². The molecular weight excluding hydrogens is 170 g/mol. The van der Waals surface area contributed by atoms with E-state index in [2.05, 4.69) is 50.9 Å². The minimum atomic E-state index is 0.254. The van der Waals surface area contributed by atoms with Crippen molar-refractivity contribution in [3.05, 3.63) is 29.3 Å². The number of anilines is 1. The molecule has 1 aliphatic heterocycles. The normalized spacial score (nSPS) is 15.9. The van der Waals surface area contributed by atoms with Crippen LogP contribution < -0.4 is 4.90 Å². The van der Waals surface area contributed by atoms with Gasteiger partial charge in [-0.05, 0) is 23.0 Å². The van der Waals surface area contributed by atoms with Gasteiger partial charge >= 0.3 is 0 Å². The fraction of sp³-hybridized carbons (Fsp3) is 0.538. The summed E-state index contributed by atoms with van der Waals surface area (Å²) in [6.07, 6.45) is 1.20. The third kappa shape index (κ3) is 1.41. The quantitative estimate of drug-likeness (QED) is 0.606. The predicted molar refractivity (Wildman–Crippen MR) is 62.1 cm³/mol. The largest absolute Gasteiger partial charge is 0.374 e. The molecule has 0 spiro atoms. The van der Waals surface area contributed by atoms with Crippen LogP contribution in [0.3, 0.4) is 0 Å². The highest BCUT2D eigenvalue weighted by Crippen LogP contribution is 2.37. The second kappa shape index (κ2) is 3.01. The van der Waals surface area contributed by atoms with Crippen LogP contribution in [0.1, 0.15) is 31.9 Å². The molecule has 1 nitrogen and oxygen atoms in total. The lowest BCUT2D eigenvalue weighted by molar-refractivity contribution is 0.590. The Morgan fingerprint density at radius 2 is 1.93 bits per heavy atom. The minimum Gasteiger partial charge on any atom is -0.374 e. The van der Waals surface area contributed by atoms with Gasteiger partial charge in [0.15, 0.2) is 0 Å². The summed E-state index contributed by atoms with van der Waals surface area (Å²) in [6.45, 7) is 8.03. The Labute approximate surface area is 86.7 Å². The van der Waals surface area contributed by atoms with Crippen LogP contribution in [0, 0.1) is 0 Å². The molecule has 0 saturated carbocycles. The maximum Gasteiger partial charge on any atom is 0.0434 e. The molecule has 2 rings (SSSR count). The molecular formula is C13H19N. The fourth-order valence-corrected chi connectivity index (χ4v) is 2.25. The Morgan fingerprint density at radius 1 is 1.21 bits per heavy atom. The van der Waals surface area contributed by atoms with Crippen LogP contribution >= 0.6 is 0 Å². The molecule has 0 aliphatic carbocycles. The Balaban J connectivity index is 2.58. The summed E-state index contributed by atoms with van der Waals surface area (Å²) >= 11 is 0. The molecule has 0 unspecified atom stereocenters. The van der Waals surface area contributed by atoms with Gasteiger partial charge in [-0.2, -0.15) is 0 Å². The van der Waals surface area contributed by atoms with Crippen LogP contribution in [0.25, 0.3) is 0 Å². The van der Waals surface area contributed by atoms with Gasteiger partial charge in [-0.3, -0.25) is 0 Å². The number of hydrogen-bond donors (Lipinski definition) is 0. The van der Waals surface area contributed by atoms with Gasteiger partial charge in [0.05, 0.1) is 0 Å². The number of benzene rings is 1. The van der Waals surface area contributed by atoms with Crippen molar-refractivity contribution in [3.63, 3.8) is 0 Å². The van der Waals surface area contributed by atoms with E-state index in [9.17, 15) is 0 Å². The molecule has 1 heterocycles. The van der Waals surface area contributed by atoms with Crippen LogP contribution in [0.15, 0.2) is 18.2 Å². The number of nitrogens with zero attached hydrogens (tertiary/aromatic N) is 1. The molecule has 0 radical (unpaired) electrons. The lowest BCUT2D eigenvalue weighted by Crippen LogP contribution is -2.19. The Bertz CT molecular complexity index is 347. The zero-order chi connectivity index (χ0) is 10.3. The second-order valence-electron chi connectivity index (χ2n) is 5.23. The van der Waals surface area contributed by atoms with Crippen LogP contribution in [0.5, 0.6) is 0 Å². The number of likely N-dealkylation sites (N-methyl/N-ethyl adjacent to an activating group) is 1. The van der Waals surface area contributed by atoms with Crippen molar-refractivity contribution in [1.29, 1.82) is 0 Å². The average Bonchev–Trinajstić information content (AvgIpc) is 2.46. The monoisotopic (exact) mass is 189 g/mol. The third-order valence-electron chi connectivity index (χ3n) is 3.03. The Hall–Kier alpha value is -0.980. The number of fused-ring (bicyclic) bond motifs is 1. The van der Waals surface area contributed by atoms with E-state index >= 15 is 0 Å². The molecule has 1 heteroatoms. The predicted octanol–water partition coefficient (Wildman–Crippen LogP) is 2.98. The standard InChI is InChI=1S/C13H19N/c1-13(2,3)11-7-5-6-10-8-9-14(4)12(10)11/h5-7H,8-9H2,1-4H3. The lowest BCUT2D eigenvalue weighted by atomic mass is 9.84. The van der Waals surface area contributed by atoms with E-state index in [0.29, 0.717) is 0 Å². The third-order valence-corrected chi connectivity index (χ3v) is 3.03. The summed E-state index contributed by atoms with van der Waals surface area (Å²) in [6, 6.07) is 6.72. The summed E-state index contributed by atoms with van der Waals surface area (Å²) in [5.74, 6) is 0. The van der Waals surface area contributed by atoms with Gasteiger partial charge in [0.2, 0.25) is 0 Å². The van der Waals surface area contributed by atoms with E-state index in [0.717, 1.165) is 0 Å². The first-order valence-electron chi connectivity index (χ1n) is 5.33. The number of para-hydroxylation sites is 1. The van der Waals surface area contributed by atoms with Gasteiger partial charge in [-0.25, -0.2) is 0 Å². The van der Waals surface area contributed by atoms with Crippen molar-refractivity contribution < 1.29 is 0 Å². The van der Waals surface area contributed by atoms with Gasteiger partial charge in [-0.1, -0.05) is 39.0 Å². The van der Waals surface area contributed by atoms with Crippen LogP contribution in [-0.4, -0.2) is 13.6 Å². The number of hydrogen-bond acceptors (Lipinski definition) is 1. The maximum absolute atomic E-state index is 2.38. The Morgan fingerprint density at radius 3 is 2.57 bits per heavy atom. The SMILES string of the molecule is CN1CCc2cccc(C(C)(C)C)c21. The van der Waals surface area contributed by atoms with Crippen molar-refractivity contribution in [2.24, 2.45) is 0 Å². The highest BCUT2D eigenvalue weighted by Gasteiger charge is 2.25. The lowest BCUT2D eigenvalue weighted by Gasteiger charge is -2.26. The molecule has 0 atom stereocenters. The minimum absolute atomic E-state index is 0.254. The topological polar surface area (TPSA) is 3.24 Å². The van der Waals surface area contributed by atoms with E-state index in [-0.39, 0.29) is 5.41 Å². The van der Waals surface area contributed by atoms with E-state index in [1.807, 2.05) is 0 Å². The summed E-state index contributed by atoms with van der Waals surface area (Å²) in [4.78, 5) is 2.38. The molecule has 1 aromatic rings. The number of rotatable bonds is 0. The molecule has 0 saturated heterocycles. The molecule has 14 heavy (non-hydrogen) atoms. The zero-order valence-corrected chi connectivity index (χ0v) is 9.59. The molecule has 0 N–H and O–H groups in total. The maximum atomic E-state index is 2.38. The summed E-state index contributed by atoms with van der Waals surface area (Å²) in [7, 11) is 2.20. The highest BCUT2D eigenvalue weighted by atomic mass is 15.1. The first-order valence-corrected chi connectivity index (χ1v) is 5.33. The fourth-order valence-electron chi connectivity index (χ4n) is 2.25.